The summed E-state index contributed by atoms with van der Waals surface area (Å²) in [5.74, 6) is -1.35. The van der Waals surface area contributed by atoms with Crippen LogP contribution in [-0.4, -0.2) is 54.7 Å². The highest BCUT2D eigenvalue weighted by atomic mass is 16.5. The fourth-order valence-corrected chi connectivity index (χ4v) is 2.49. The smallest absolute Gasteiger partial charge is 0.338 e. The lowest BCUT2D eigenvalue weighted by atomic mass is 9.94. The molecule has 1 aliphatic heterocycles. The Bertz CT molecular complexity index is 621. The molecule has 0 aromatic heterocycles. The lowest BCUT2D eigenvalue weighted by Crippen LogP contribution is -2.51. The molecule has 2 rings (SSSR count). The van der Waals surface area contributed by atoms with Crippen molar-refractivity contribution >= 4 is 17.8 Å². The molecule has 1 N–H and O–H groups in total. The Morgan fingerprint density at radius 3 is 2.57 bits per heavy atom. The number of nitrogens with zero attached hydrogens (tertiary/aromatic N) is 1. The van der Waals surface area contributed by atoms with Gasteiger partial charge in [-0.25, -0.2) is 4.79 Å². The number of phenolic OH excluding ortho intramolecular Hbond substituents is 1. The second-order valence-corrected chi connectivity index (χ2v) is 5.31. The molecule has 1 aliphatic rings. The fourth-order valence-electron chi connectivity index (χ4n) is 2.49. The number of carbonyl (C=O) groups is 3. The molecule has 0 atom stereocenters. The number of benzene rings is 1. The van der Waals surface area contributed by atoms with E-state index in [1.807, 2.05) is 0 Å². The minimum atomic E-state index is -0.642. The molecule has 7 nitrogen and oxygen atoms in total. The number of methoxy groups -OCH3 is 1. The summed E-state index contributed by atoms with van der Waals surface area (Å²) in [6.07, 6.45) is 0.265. The predicted molar refractivity (Wildman–Crippen MR) is 80.1 cm³/mol. The van der Waals surface area contributed by atoms with Crippen LogP contribution in [0.5, 0.6) is 5.75 Å². The van der Waals surface area contributed by atoms with Crippen LogP contribution in [-0.2, 0) is 14.3 Å². The average molecular weight is 321 g/mol. The molecule has 0 spiro atoms. The highest BCUT2D eigenvalue weighted by Gasteiger charge is 2.34. The van der Waals surface area contributed by atoms with Crippen molar-refractivity contribution < 1.29 is 29.0 Å². The summed E-state index contributed by atoms with van der Waals surface area (Å²) in [5, 5.41) is 9.56. The van der Waals surface area contributed by atoms with Gasteiger partial charge in [0.1, 0.15) is 5.75 Å². The molecule has 23 heavy (non-hydrogen) atoms. The zero-order valence-electron chi connectivity index (χ0n) is 13.1. The van der Waals surface area contributed by atoms with Crippen LogP contribution in [0.15, 0.2) is 18.2 Å². The summed E-state index contributed by atoms with van der Waals surface area (Å²) >= 11 is 0. The van der Waals surface area contributed by atoms with Crippen molar-refractivity contribution in [3.05, 3.63) is 29.3 Å². The molecule has 0 unspecified atom stereocenters. The van der Waals surface area contributed by atoms with E-state index in [-0.39, 0.29) is 41.1 Å². The van der Waals surface area contributed by atoms with Gasteiger partial charge in [-0.05, 0) is 25.1 Å². The van der Waals surface area contributed by atoms with E-state index in [4.69, 9.17) is 4.74 Å². The number of ether oxygens (including phenoxy) is 2. The Morgan fingerprint density at radius 1 is 1.26 bits per heavy atom. The van der Waals surface area contributed by atoms with Gasteiger partial charge >= 0.3 is 11.9 Å². The first-order valence-electron chi connectivity index (χ1n) is 7.32. The minimum Gasteiger partial charge on any atom is -0.508 e. The molecular formula is C16H19NO6. The lowest BCUT2D eigenvalue weighted by Gasteiger charge is -2.39. The van der Waals surface area contributed by atoms with Crippen molar-refractivity contribution in [2.75, 3.05) is 26.8 Å². The van der Waals surface area contributed by atoms with Gasteiger partial charge < -0.3 is 19.5 Å². The molecule has 0 bridgehead atoms. The van der Waals surface area contributed by atoms with E-state index in [1.54, 1.807) is 6.92 Å². The van der Waals surface area contributed by atoms with E-state index >= 15 is 0 Å². The van der Waals surface area contributed by atoms with Crippen molar-refractivity contribution in [3.63, 3.8) is 0 Å². The quantitative estimate of drug-likeness (QED) is 0.819. The van der Waals surface area contributed by atoms with Crippen molar-refractivity contribution in [2.24, 2.45) is 5.92 Å². The fraction of sp³-hybridized carbons (Fsp3) is 0.438. The summed E-state index contributed by atoms with van der Waals surface area (Å²) < 4.78 is 9.52. The summed E-state index contributed by atoms with van der Waals surface area (Å²) in [6.45, 7) is 2.90. The summed E-state index contributed by atoms with van der Waals surface area (Å²) in [4.78, 5) is 37.1. The first-order valence-corrected chi connectivity index (χ1v) is 7.32. The molecule has 124 valence electrons. The van der Waals surface area contributed by atoms with Gasteiger partial charge in [-0.2, -0.15) is 0 Å². The Kier molecular flexibility index (Phi) is 5.20. The molecule has 0 saturated carbocycles. The van der Waals surface area contributed by atoms with Gasteiger partial charge in [0.2, 0.25) is 0 Å². The van der Waals surface area contributed by atoms with Crippen LogP contribution in [0.3, 0.4) is 0 Å². The van der Waals surface area contributed by atoms with E-state index < -0.39 is 5.97 Å². The highest BCUT2D eigenvalue weighted by Crippen LogP contribution is 2.25. The van der Waals surface area contributed by atoms with E-state index in [9.17, 15) is 19.5 Å². The van der Waals surface area contributed by atoms with Crippen molar-refractivity contribution in [2.45, 2.75) is 13.3 Å². The van der Waals surface area contributed by atoms with E-state index in [0.29, 0.717) is 19.7 Å². The maximum absolute atomic E-state index is 12.5. The number of phenols is 1. The molecule has 0 aliphatic carbocycles. The third-order valence-electron chi connectivity index (χ3n) is 3.64. The molecule has 1 heterocycles. The predicted octanol–water partition coefficient (Wildman–Crippen LogP) is 1.20. The first kappa shape index (κ1) is 16.8. The maximum Gasteiger partial charge on any atom is 0.338 e. The number of rotatable bonds is 5. The monoisotopic (exact) mass is 321 g/mol. The summed E-state index contributed by atoms with van der Waals surface area (Å²) in [7, 11) is 1.22. The molecule has 7 heteroatoms. The molecule has 0 radical (unpaired) electrons. The summed E-state index contributed by atoms with van der Waals surface area (Å²) in [5.41, 5.74) is 0.190. The maximum atomic E-state index is 12.5. The van der Waals surface area contributed by atoms with Gasteiger partial charge in [0.05, 0.1) is 31.3 Å². The van der Waals surface area contributed by atoms with Crippen LogP contribution in [0, 0.1) is 5.92 Å². The third-order valence-corrected chi connectivity index (χ3v) is 3.64. The minimum absolute atomic E-state index is 0.0527. The Labute approximate surface area is 133 Å². The second kappa shape index (κ2) is 7.13. The molecule has 1 aromatic carbocycles. The number of carbonyl (C=O) groups excluding carboxylic acids is 3. The number of amides is 1. The van der Waals surface area contributed by atoms with Crippen molar-refractivity contribution in [1.82, 2.24) is 4.90 Å². The number of hydrogen-bond acceptors (Lipinski definition) is 6. The summed E-state index contributed by atoms with van der Waals surface area (Å²) in [6, 6.07) is 3.92. The number of esters is 2. The van der Waals surface area contributed by atoms with Gasteiger partial charge in [0.25, 0.3) is 5.91 Å². The SMILES string of the molecule is CCOC(=O)CC1CN(C(=O)c2cc(O)ccc2C(=O)OC)C1. The molecule has 1 aromatic rings. The van der Waals surface area contributed by atoms with Crippen LogP contribution >= 0.6 is 0 Å². The van der Waals surface area contributed by atoms with E-state index in [0.717, 1.165) is 0 Å². The largest absolute Gasteiger partial charge is 0.508 e. The zero-order valence-corrected chi connectivity index (χ0v) is 13.1. The molecular weight excluding hydrogens is 302 g/mol. The molecule has 1 amide bonds. The number of likely N-dealkylation sites (tertiary alicyclic amines) is 1. The first-order chi connectivity index (χ1) is 11.0. The standard InChI is InChI=1S/C16H19NO6/c1-3-23-14(19)6-10-8-17(9-10)15(20)13-7-11(18)4-5-12(13)16(21)22-2/h4-5,7,10,18H,3,6,8-9H2,1-2H3. The second-order valence-electron chi connectivity index (χ2n) is 5.31. The lowest BCUT2D eigenvalue weighted by molar-refractivity contribution is -0.145. The van der Waals surface area contributed by atoms with Crippen LogP contribution < -0.4 is 0 Å². The van der Waals surface area contributed by atoms with Crippen molar-refractivity contribution in [1.29, 1.82) is 0 Å². The van der Waals surface area contributed by atoms with E-state index in [2.05, 4.69) is 4.74 Å². The number of hydrogen-bond donors (Lipinski definition) is 1. The molecule has 1 saturated heterocycles. The number of aromatic hydroxyl groups is 1. The van der Waals surface area contributed by atoms with E-state index in [1.165, 1.54) is 30.2 Å². The van der Waals surface area contributed by atoms with Crippen LogP contribution in [0.1, 0.15) is 34.1 Å². The van der Waals surface area contributed by atoms with Crippen LogP contribution in [0.2, 0.25) is 0 Å². The Hall–Kier alpha value is -2.57. The van der Waals surface area contributed by atoms with Gasteiger partial charge in [0.15, 0.2) is 0 Å². The van der Waals surface area contributed by atoms with Gasteiger partial charge in [-0.15, -0.1) is 0 Å². The van der Waals surface area contributed by atoms with Crippen molar-refractivity contribution in [3.8, 4) is 5.75 Å². The normalized spacial score (nSPS) is 14.1. The van der Waals surface area contributed by atoms with Gasteiger partial charge in [0, 0.05) is 19.0 Å². The van der Waals surface area contributed by atoms with Crippen LogP contribution in [0.4, 0.5) is 0 Å². The van der Waals surface area contributed by atoms with Crippen LogP contribution in [0.25, 0.3) is 0 Å². The highest BCUT2D eigenvalue weighted by molar-refractivity contribution is 6.05. The van der Waals surface area contributed by atoms with Gasteiger partial charge in [-0.1, -0.05) is 0 Å². The zero-order chi connectivity index (χ0) is 17.0. The average Bonchev–Trinajstić information content (AvgIpc) is 2.49. The Balaban J connectivity index is 2.04. The third kappa shape index (κ3) is 3.80. The van der Waals surface area contributed by atoms with Gasteiger partial charge in [-0.3, -0.25) is 9.59 Å². The molecule has 1 fully saturated rings. The Morgan fingerprint density at radius 2 is 1.96 bits per heavy atom. The topological polar surface area (TPSA) is 93.1 Å².